The Morgan fingerprint density at radius 2 is 1.83 bits per heavy atom. The van der Waals surface area contributed by atoms with E-state index in [1.165, 1.54) is 0 Å². The fraction of sp³-hybridized carbons (Fsp3) is 0.308. The minimum Gasteiger partial charge on any atom is -0.259 e. The van der Waals surface area contributed by atoms with Crippen molar-refractivity contribution in [2.24, 2.45) is 5.10 Å². The van der Waals surface area contributed by atoms with Gasteiger partial charge in [0.1, 0.15) is 0 Å². The average molecular weight is 263 g/mol. The van der Waals surface area contributed by atoms with E-state index >= 15 is 0 Å². The number of nitrogens with one attached hydrogen (secondary N) is 1. The molecule has 0 atom stereocenters. The maximum atomic E-state index is 6.01. The molecule has 1 aromatic heterocycles. The second-order valence-electron chi connectivity index (χ2n) is 3.88. The standard InChI is InChI=1S/C13H15ClN4/c1-3-9(4-2)15-17-13-11-8-6-5-7-10(11)12(14)16-18-13/h5-8H,3-4H2,1-2H3,(H,17,18). The van der Waals surface area contributed by atoms with E-state index in [2.05, 4.69) is 34.6 Å². The molecule has 0 aliphatic heterocycles. The van der Waals surface area contributed by atoms with Crippen LogP contribution < -0.4 is 5.43 Å². The first-order valence-corrected chi connectivity index (χ1v) is 6.36. The van der Waals surface area contributed by atoms with Crippen LogP contribution in [0.25, 0.3) is 10.8 Å². The molecule has 1 aromatic carbocycles. The molecule has 4 nitrogen and oxygen atoms in total. The molecule has 2 aromatic rings. The summed E-state index contributed by atoms with van der Waals surface area (Å²) >= 11 is 6.01. The highest BCUT2D eigenvalue weighted by Gasteiger charge is 2.06. The average Bonchev–Trinajstić information content (AvgIpc) is 2.42. The van der Waals surface area contributed by atoms with Crippen LogP contribution in [0, 0.1) is 0 Å². The van der Waals surface area contributed by atoms with Crippen LogP contribution in [-0.2, 0) is 0 Å². The number of benzene rings is 1. The van der Waals surface area contributed by atoms with Gasteiger partial charge in [0.2, 0.25) is 0 Å². The lowest BCUT2D eigenvalue weighted by molar-refractivity contribution is 1.03. The van der Waals surface area contributed by atoms with Gasteiger partial charge in [0.05, 0.1) is 0 Å². The zero-order valence-corrected chi connectivity index (χ0v) is 11.2. The first-order valence-electron chi connectivity index (χ1n) is 5.98. The maximum absolute atomic E-state index is 6.01. The predicted molar refractivity (Wildman–Crippen MR) is 76.2 cm³/mol. The van der Waals surface area contributed by atoms with E-state index in [0.29, 0.717) is 11.0 Å². The Morgan fingerprint density at radius 1 is 1.17 bits per heavy atom. The first-order chi connectivity index (χ1) is 8.76. The van der Waals surface area contributed by atoms with E-state index in [0.717, 1.165) is 29.3 Å². The number of halogens is 1. The van der Waals surface area contributed by atoms with Crippen molar-refractivity contribution in [1.29, 1.82) is 0 Å². The van der Waals surface area contributed by atoms with Gasteiger partial charge in [0.25, 0.3) is 0 Å². The molecule has 0 unspecified atom stereocenters. The topological polar surface area (TPSA) is 50.2 Å². The summed E-state index contributed by atoms with van der Waals surface area (Å²) in [6, 6.07) is 7.73. The monoisotopic (exact) mass is 262 g/mol. The number of fused-ring (bicyclic) bond motifs is 1. The van der Waals surface area contributed by atoms with E-state index in [4.69, 9.17) is 11.6 Å². The molecule has 18 heavy (non-hydrogen) atoms. The van der Waals surface area contributed by atoms with Crippen LogP contribution in [0.3, 0.4) is 0 Å². The van der Waals surface area contributed by atoms with Crippen LogP contribution in [0.5, 0.6) is 0 Å². The quantitative estimate of drug-likeness (QED) is 0.672. The lowest BCUT2D eigenvalue weighted by Crippen LogP contribution is -2.02. The molecule has 0 saturated heterocycles. The van der Waals surface area contributed by atoms with Crippen molar-refractivity contribution in [3.05, 3.63) is 29.4 Å². The summed E-state index contributed by atoms with van der Waals surface area (Å²) in [5, 5.41) is 14.5. The van der Waals surface area contributed by atoms with Gasteiger partial charge in [0.15, 0.2) is 11.0 Å². The van der Waals surface area contributed by atoms with Crippen molar-refractivity contribution in [1.82, 2.24) is 10.2 Å². The van der Waals surface area contributed by atoms with Crippen molar-refractivity contribution >= 4 is 33.9 Å². The predicted octanol–water partition coefficient (Wildman–Crippen LogP) is 3.87. The molecular formula is C13H15ClN4. The highest BCUT2D eigenvalue weighted by Crippen LogP contribution is 2.25. The van der Waals surface area contributed by atoms with Crippen molar-refractivity contribution in [3.8, 4) is 0 Å². The van der Waals surface area contributed by atoms with Crippen molar-refractivity contribution in [3.63, 3.8) is 0 Å². The van der Waals surface area contributed by atoms with E-state index in [1.54, 1.807) is 0 Å². The molecule has 0 aliphatic carbocycles. The zero-order valence-electron chi connectivity index (χ0n) is 10.4. The number of hydrazone groups is 1. The second kappa shape index (κ2) is 5.78. The largest absolute Gasteiger partial charge is 0.259 e. The Labute approximate surface area is 111 Å². The summed E-state index contributed by atoms with van der Waals surface area (Å²) in [7, 11) is 0. The Bertz CT molecular complexity index is 574. The molecule has 2 rings (SSSR count). The van der Waals surface area contributed by atoms with Gasteiger partial charge in [-0.2, -0.15) is 5.10 Å². The Balaban J connectivity index is 2.40. The Kier molecular flexibility index (Phi) is 4.10. The molecular weight excluding hydrogens is 248 g/mol. The van der Waals surface area contributed by atoms with Gasteiger partial charge in [-0.05, 0) is 12.8 Å². The SMILES string of the molecule is CCC(CC)=NNc1nnc(Cl)c2ccccc12. The molecule has 0 aliphatic rings. The van der Waals surface area contributed by atoms with E-state index in [1.807, 2.05) is 24.3 Å². The van der Waals surface area contributed by atoms with Gasteiger partial charge < -0.3 is 0 Å². The molecule has 5 heteroatoms. The number of nitrogens with zero attached hydrogens (tertiary/aromatic N) is 3. The van der Waals surface area contributed by atoms with Gasteiger partial charge in [-0.25, -0.2) is 0 Å². The van der Waals surface area contributed by atoms with Crippen molar-refractivity contribution < 1.29 is 0 Å². The Morgan fingerprint density at radius 3 is 2.50 bits per heavy atom. The lowest BCUT2D eigenvalue weighted by Gasteiger charge is -2.06. The van der Waals surface area contributed by atoms with Crippen LogP contribution in [0.15, 0.2) is 29.4 Å². The summed E-state index contributed by atoms with van der Waals surface area (Å²) in [5.74, 6) is 0.634. The van der Waals surface area contributed by atoms with Crippen LogP contribution in [0.1, 0.15) is 26.7 Å². The molecule has 1 N–H and O–H groups in total. The first kappa shape index (κ1) is 12.8. The molecule has 0 bridgehead atoms. The number of hydrogen-bond acceptors (Lipinski definition) is 4. The van der Waals surface area contributed by atoms with E-state index in [-0.39, 0.29) is 0 Å². The Hall–Kier alpha value is -1.68. The molecule has 94 valence electrons. The molecule has 1 heterocycles. The van der Waals surface area contributed by atoms with Gasteiger partial charge in [-0.1, -0.05) is 49.7 Å². The van der Waals surface area contributed by atoms with Crippen LogP contribution in [0.4, 0.5) is 5.82 Å². The molecule has 0 amide bonds. The van der Waals surface area contributed by atoms with Gasteiger partial charge >= 0.3 is 0 Å². The third-order valence-electron chi connectivity index (χ3n) is 2.78. The van der Waals surface area contributed by atoms with Crippen molar-refractivity contribution in [2.75, 3.05) is 5.43 Å². The summed E-state index contributed by atoms with van der Waals surface area (Å²) in [6.45, 7) is 4.16. The molecule has 0 spiro atoms. The highest BCUT2D eigenvalue weighted by atomic mass is 35.5. The lowest BCUT2D eigenvalue weighted by atomic mass is 10.2. The normalized spacial score (nSPS) is 10.4. The number of hydrogen-bond donors (Lipinski definition) is 1. The van der Waals surface area contributed by atoms with E-state index in [9.17, 15) is 0 Å². The second-order valence-corrected chi connectivity index (χ2v) is 4.24. The minimum atomic E-state index is 0.409. The third kappa shape index (κ3) is 2.59. The molecule has 0 fully saturated rings. The van der Waals surface area contributed by atoms with Crippen LogP contribution in [-0.4, -0.2) is 15.9 Å². The number of aromatic nitrogens is 2. The summed E-state index contributed by atoms with van der Waals surface area (Å²) in [4.78, 5) is 0. The number of rotatable bonds is 4. The minimum absolute atomic E-state index is 0.409. The van der Waals surface area contributed by atoms with Gasteiger partial charge in [0, 0.05) is 16.5 Å². The van der Waals surface area contributed by atoms with Gasteiger partial charge in [-0.15, -0.1) is 10.2 Å². The number of anilines is 1. The van der Waals surface area contributed by atoms with Gasteiger partial charge in [-0.3, -0.25) is 5.43 Å². The smallest absolute Gasteiger partial charge is 0.176 e. The maximum Gasteiger partial charge on any atom is 0.176 e. The summed E-state index contributed by atoms with van der Waals surface area (Å²) < 4.78 is 0. The fourth-order valence-corrected chi connectivity index (χ4v) is 1.90. The third-order valence-corrected chi connectivity index (χ3v) is 3.06. The van der Waals surface area contributed by atoms with Crippen LogP contribution in [0.2, 0.25) is 5.15 Å². The fourth-order valence-electron chi connectivity index (χ4n) is 1.69. The molecule has 0 radical (unpaired) electrons. The summed E-state index contributed by atoms with van der Waals surface area (Å²) in [5.41, 5.74) is 4.07. The van der Waals surface area contributed by atoms with Crippen molar-refractivity contribution in [2.45, 2.75) is 26.7 Å². The van der Waals surface area contributed by atoms with Crippen LogP contribution >= 0.6 is 11.6 Å². The zero-order chi connectivity index (χ0) is 13.0. The molecule has 0 saturated carbocycles. The summed E-state index contributed by atoms with van der Waals surface area (Å²) in [6.07, 6.45) is 1.84. The highest BCUT2D eigenvalue weighted by molar-refractivity contribution is 6.34. The van der Waals surface area contributed by atoms with E-state index < -0.39 is 0 Å².